The van der Waals surface area contributed by atoms with E-state index >= 15 is 0 Å². The summed E-state index contributed by atoms with van der Waals surface area (Å²) in [5.41, 5.74) is 7.77. The molecular weight excluding hydrogens is 296 g/mol. The predicted octanol–water partition coefficient (Wildman–Crippen LogP) is 2.19. The maximum atomic E-state index is 11.8. The van der Waals surface area contributed by atoms with Gasteiger partial charge in [-0.05, 0) is 23.3 Å². The van der Waals surface area contributed by atoms with Crippen LogP contribution in [0.5, 0.6) is 0 Å². The molecule has 0 aromatic heterocycles. The smallest absolute Gasteiger partial charge is 0.408 e. The monoisotopic (exact) mass is 314 g/mol. The van der Waals surface area contributed by atoms with E-state index in [0.717, 1.165) is 11.1 Å². The molecule has 2 rings (SSSR count). The molecule has 0 saturated heterocycles. The van der Waals surface area contributed by atoms with E-state index in [4.69, 9.17) is 10.5 Å². The second-order valence-corrected chi connectivity index (χ2v) is 5.04. The van der Waals surface area contributed by atoms with Crippen molar-refractivity contribution in [3.63, 3.8) is 0 Å². The van der Waals surface area contributed by atoms with Gasteiger partial charge in [-0.25, -0.2) is 9.59 Å². The van der Waals surface area contributed by atoms with Crippen molar-refractivity contribution in [2.24, 2.45) is 0 Å². The zero-order chi connectivity index (χ0) is 16.7. The lowest BCUT2D eigenvalue weighted by molar-refractivity contribution is -0.139. The minimum atomic E-state index is -1.13. The van der Waals surface area contributed by atoms with Crippen LogP contribution in [0.1, 0.15) is 11.1 Å². The Morgan fingerprint density at radius 2 is 1.70 bits per heavy atom. The van der Waals surface area contributed by atoms with Crippen LogP contribution in [0.15, 0.2) is 54.6 Å². The number of ether oxygens (including phenoxy) is 1. The van der Waals surface area contributed by atoms with Gasteiger partial charge in [0.05, 0.1) is 0 Å². The Labute approximate surface area is 133 Å². The molecule has 2 aromatic rings. The highest BCUT2D eigenvalue weighted by Crippen LogP contribution is 2.08. The Hall–Kier alpha value is -3.02. The molecule has 0 aliphatic carbocycles. The van der Waals surface area contributed by atoms with Crippen molar-refractivity contribution in [1.82, 2.24) is 5.32 Å². The molecule has 2 aromatic carbocycles. The van der Waals surface area contributed by atoms with E-state index in [2.05, 4.69) is 5.32 Å². The molecule has 1 amide bonds. The molecule has 0 radical (unpaired) electrons. The molecule has 0 heterocycles. The minimum absolute atomic E-state index is 0.0842. The molecule has 0 fully saturated rings. The highest BCUT2D eigenvalue weighted by Gasteiger charge is 2.21. The summed E-state index contributed by atoms with van der Waals surface area (Å²) in [5.74, 6) is -1.13. The van der Waals surface area contributed by atoms with Crippen molar-refractivity contribution in [2.75, 3.05) is 5.73 Å². The Balaban J connectivity index is 1.89. The molecule has 0 saturated carbocycles. The fourth-order valence-corrected chi connectivity index (χ4v) is 2.00. The van der Waals surface area contributed by atoms with E-state index in [1.165, 1.54) is 0 Å². The SMILES string of the molecule is Nc1ccc(CC(NC(=O)OCc2ccccc2)C(=O)O)cc1. The number of amides is 1. The quantitative estimate of drug-likeness (QED) is 0.709. The number of hydrogen-bond acceptors (Lipinski definition) is 4. The summed E-state index contributed by atoms with van der Waals surface area (Å²) in [5, 5.41) is 11.6. The van der Waals surface area contributed by atoms with Crippen LogP contribution in [0.25, 0.3) is 0 Å². The second-order valence-electron chi connectivity index (χ2n) is 5.04. The Morgan fingerprint density at radius 3 is 2.30 bits per heavy atom. The van der Waals surface area contributed by atoms with Crippen LogP contribution in [0, 0.1) is 0 Å². The van der Waals surface area contributed by atoms with E-state index in [-0.39, 0.29) is 13.0 Å². The van der Waals surface area contributed by atoms with Crippen molar-refractivity contribution >= 4 is 17.7 Å². The molecule has 0 aliphatic rings. The molecule has 1 atom stereocenters. The van der Waals surface area contributed by atoms with Crippen molar-refractivity contribution in [3.05, 3.63) is 65.7 Å². The first-order valence-corrected chi connectivity index (χ1v) is 7.09. The van der Waals surface area contributed by atoms with Gasteiger partial charge in [-0.3, -0.25) is 0 Å². The number of nitrogen functional groups attached to an aromatic ring is 1. The Bertz CT molecular complexity index is 656. The number of carbonyl (C=O) groups excluding carboxylic acids is 1. The summed E-state index contributed by atoms with van der Waals surface area (Å²) in [6.07, 6.45) is -0.618. The molecule has 6 heteroatoms. The van der Waals surface area contributed by atoms with Gasteiger partial charge >= 0.3 is 12.1 Å². The number of hydrogen-bond donors (Lipinski definition) is 3. The molecule has 0 bridgehead atoms. The number of carbonyl (C=O) groups is 2. The fraction of sp³-hybridized carbons (Fsp3) is 0.176. The van der Waals surface area contributed by atoms with Gasteiger partial charge in [-0.15, -0.1) is 0 Å². The van der Waals surface area contributed by atoms with Gasteiger partial charge in [-0.2, -0.15) is 0 Å². The van der Waals surface area contributed by atoms with Crippen LogP contribution in [0.2, 0.25) is 0 Å². The third kappa shape index (κ3) is 5.35. The Kier molecular flexibility index (Phi) is 5.57. The number of anilines is 1. The van der Waals surface area contributed by atoms with Crippen molar-refractivity contribution in [1.29, 1.82) is 0 Å². The van der Waals surface area contributed by atoms with E-state index in [1.807, 2.05) is 30.3 Å². The van der Waals surface area contributed by atoms with Crippen molar-refractivity contribution in [2.45, 2.75) is 19.1 Å². The van der Waals surface area contributed by atoms with E-state index in [0.29, 0.717) is 5.69 Å². The van der Waals surface area contributed by atoms with Crippen LogP contribution in [0.4, 0.5) is 10.5 Å². The van der Waals surface area contributed by atoms with E-state index < -0.39 is 18.1 Å². The number of benzene rings is 2. The summed E-state index contributed by atoms with van der Waals surface area (Å²) in [6.45, 7) is 0.0842. The average molecular weight is 314 g/mol. The summed E-state index contributed by atoms with van der Waals surface area (Å²) in [4.78, 5) is 23.0. The molecule has 0 spiro atoms. The van der Waals surface area contributed by atoms with Gasteiger partial charge in [0.15, 0.2) is 0 Å². The Morgan fingerprint density at radius 1 is 1.04 bits per heavy atom. The molecule has 1 unspecified atom stereocenters. The van der Waals surface area contributed by atoms with Gasteiger partial charge in [0, 0.05) is 12.1 Å². The number of carboxylic acid groups (broad SMARTS) is 1. The lowest BCUT2D eigenvalue weighted by Gasteiger charge is -2.15. The largest absolute Gasteiger partial charge is 0.480 e. The number of nitrogens with one attached hydrogen (secondary N) is 1. The van der Waals surface area contributed by atoms with Gasteiger partial charge < -0.3 is 20.9 Å². The average Bonchev–Trinajstić information content (AvgIpc) is 2.55. The molecule has 0 aliphatic heterocycles. The summed E-state index contributed by atoms with van der Waals surface area (Å²) < 4.78 is 5.03. The lowest BCUT2D eigenvalue weighted by Crippen LogP contribution is -2.42. The maximum absolute atomic E-state index is 11.8. The minimum Gasteiger partial charge on any atom is -0.480 e. The highest BCUT2D eigenvalue weighted by molar-refractivity contribution is 5.80. The molecule has 120 valence electrons. The third-order valence-corrected chi connectivity index (χ3v) is 3.22. The predicted molar refractivity (Wildman–Crippen MR) is 85.7 cm³/mol. The van der Waals surface area contributed by atoms with Crippen molar-refractivity contribution in [3.8, 4) is 0 Å². The zero-order valence-corrected chi connectivity index (χ0v) is 12.4. The van der Waals surface area contributed by atoms with E-state index in [1.54, 1.807) is 24.3 Å². The second kappa shape index (κ2) is 7.84. The first-order valence-electron chi connectivity index (χ1n) is 7.09. The standard InChI is InChI=1S/C17H18N2O4/c18-14-8-6-12(7-9-14)10-15(16(20)21)19-17(22)23-11-13-4-2-1-3-5-13/h1-9,15H,10-11,18H2,(H,19,22)(H,20,21). The summed E-state index contributed by atoms with van der Waals surface area (Å²) >= 11 is 0. The summed E-state index contributed by atoms with van der Waals surface area (Å²) in [6, 6.07) is 14.9. The van der Waals surface area contributed by atoms with Gasteiger partial charge in [0.2, 0.25) is 0 Å². The van der Waals surface area contributed by atoms with E-state index in [9.17, 15) is 14.7 Å². The lowest BCUT2D eigenvalue weighted by atomic mass is 10.1. The number of carboxylic acids is 1. The van der Waals surface area contributed by atoms with Gasteiger partial charge in [0.25, 0.3) is 0 Å². The van der Waals surface area contributed by atoms with Gasteiger partial charge in [0.1, 0.15) is 12.6 Å². The van der Waals surface area contributed by atoms with Crippen LogP contribution < -0.4 is 11.1 Å². The first-order chi connectivity index (χ1) is 11.0. The molecule has 6 nitrogen and oxygen atoms in total. The highest BCUT2D eigenvalue weighted by atomic mass is 16.5. The topological polar surface area (TPSA) is 102 Å². The molecule has 4 N–H and O–H groups in total. The van der Waals surface area contributed by atoms with Crippen LogP contribution >= 0.6 is 0 Å². The van der Waals surface area contributed by atoms with Crippen LogP contribution in [-0.2, 0) is 22.6 Å². The normalized spacial score (nSPS) is 11.5. The van der Waals surface area contributed by atoms with Crippen LogP contribution in [-0.4, -0.2) is 23.2 Å². The summed E-state index contributed by atoms with van der Waals surface area (Å²) in [7, 11) is 0. The maximum Gasteiger partial charge on any atom is 0.408 e. The van der Waals surface area contributed by atoms with Crippen LogP contribution in [0.3, 0.4) is 0 Å². The molecule has 23 heavy (non-hydrogen) atoms. The molecular formula is C17H18N2O4. The number of nitrogens with two attached hydrogens (primary N) is 1. The zero-order valence-electron chi connectivity index (χ0n) is 12.4. The number of rotatable bonds is 6. The number of aliphatic carboxylic acids is 1. The van der Waals surface area contributed by atoms with Gasteiger partial charge in [-0.1, -0.05) is 42.5 Å². The number of alkyl carbamates (subject to hydrolysis) is 1. The van der Waals surface area contributed by atoms with Crippen molar-refractivity contribution < 1.29 is 19.4 Å². The first kappa shape index (κ1) is 16.4. The fourth-order valence-electron chi connectivity index (χ4n) is 2.00. The third-order valence-electron chi connectivity index (χ3n) is 3.22.